The first-order valence-corrected chi connectivity index (χ1v) is 5.30. The molecule has 1 aromatic heterocycles. The molecule has 1 aromatic carbocycles. The second-order valence-electron chi connectivity index (χ2n) is 4.19. The molecule has 0 saturated carbocycles. The summed E-state index contributed by atoms with van der Waals surface area (Å²) in [5.41, 5.74) is 0.672. The van der Waals surface area contributed by atoms with Gasteiger partial charge in [0.05, 0.1) is 11.9 Å². The van der Waals surface area contributed by atoms with E-state index in [4.69, 9.17) is 0 Å². The molecule has 3 heteroatoms. The number of aryl methyl sites for hydroxylation is 1. The van der Waals surface area contributed by atoms with Crippen molar-refractivity contribution in [2.75, 3.05) is 0 Å². The van der Waals surface area contributed by atoms with Crippen LogP contribution in [0.1, 0.15) is 24.0 Å². The second kappa shape index (κ2) is 3.76. The van der Waals surface area contributed by atoms with E-state index in [1.54, 1.807) is 13.1 Å². The first-order valence-electron chi connectivity index (χ1n) is 5.30. The molecular weight excluding hydrogens is 200 g/mol. The third kappa shape index (κ3) is 1.63. The largest absolute Gasteiger partial charge is 0.379 e. The zero-order valence-electron chi connectivity index (χ0n) is 9.81. The fourth-order valence-corrected chi connectivity index (χ4v) is 1.86. The van der Waals surface area contributed by atoms with E-state index in [-0.39, 0.29) is 0 Å². The number of hydrogen-bond acceptors (Lipinski definition) is 2. The summed E-state index contributed by atoms with van der Waals surface area (Å²) in [7, 11) is 1.91. The molecule has 0 radical (unpaired) electrons. The van der Waals surface area contributed by atoms with Gasteiger partial charge in [-0.05, 0) is 19.4 Å². The normalized spacial score (nSPS) is 14.8. The first kappa shape index (κ1) is 10.9. The minimum Gasteiger partial charge on any atom is -0.379 e. The first-order chi connectivity index (χ1) is 7.53. The summed E-state index contributed by atoms with van der Waals surface area (Å²) in [6.45, 7) is 3.71. The van der Waals surface area contributed by atoms with Gasteiger partial charge in [-0.1, -0.05) is 30.3 Å². The Hall–Kier alpha value is -1.61. The van der Waals surface area contributed by atoms with Crippen LogP contribution in [0.15, 0.2) is 36.5 Å². The van der Waals surface area contributed by atoms with Crippen LogP contribution in [0, 0.1) is 6.92 Å². The van der Waals surface area contributed by atoms with Gasteiger partial charge in [-0.15, -0.1) is 0 Å². The van der Waals surface area contributed by atoms with E-state index >= 15 is 0 Å². The van der Waals surface area contributed by atoms with Crippen LogP contribution < -0.4 is 0 Å². The molecule has 3 nitrogen and oxygen atoms in total. The number of hydrogen-bond donors (Lipinski definition) is 1. The van der Waals surface area contributed by atoms with E-state index in [9.17, 15) is 5.11 Å². The third-order valence-electron chi connectivity index (χ3n) is 3.06. The van der Waals surface area contributed by atoms with Gasteiger partial charge in [-0.2, -0.15) is 0 Å². The van der Waals surface area contributed by atoms with Gasteiger partial charge in [-0.3, -0.25) is 0 Å². The van der Waals surface area contributed by atoms with Crippen molar-refractivity contribution in [1.29, 1.82) is 0 Å². The van der Waals surface area contributed by atoms with Crippen molar-refractivity contribution < 1.29 is 5.11 Å². The van der Waals surface area contributed by atoms with Crippen LogP contribution in [0.25, 0.3) is 0 Å². The van der Waals surface area contributed by atoms with Crippen LogP contribution in [0.4, 0.5) is 0 Å². The Morgan fingerprint density at radius 1 is 1.25 bits per heavy atom. The number of imidazole rings is 1. The maximum Gasteiger partial charge on any atom is 0.128 e. The number of aliphatic hydroxyl groups is 1. The molecule has 84 valence electrons. The molecule has 0 aliphatic carbocycles. The Kier molecular flexibility index (Phi) is 2.56. The van der Waals surface area contributed by atoms with Crippen LogP contribution >= 0.6 is 0 Å². The van der Waals surface area contributed by atoms with Gasteiger partial charge in [-0.25, -0.2) is 4.98 Å². The third-order valence-corrected chi connectivity index (χ3v) is 3.06. The minimum atomic E-state index is -1.00. The molecule has 0 bridgehead atoms. The van der Waals surface area contributed by atoms with E-state index in [2.05, 4.69) is 4.98 Å². The van der Waals surface area contributed by atoms with Crippen LogP contribution in [-0.2, 0) is 12.6 Å². The molecule has 1 N–H and O–H groups in total. The lowest BCUT2D eigenvalue weighted by Gasteiger charge is -2.24. The van der Waals surface area contributed by atoms with Crippen molar-refractivity contribution in [3.8, 4) is 0 Å². The lowest BCUT2D eigenvalue weighted by molar-refractivity contribution is 0.0940. The van der Waals surface area contributed by atoms with Crippen LogP contribution in [0.3, 0.4) is 0 Å². The van der Waals surface area contributed by atoms with E-state index in [0.29, 0.717) is 0 Å². The fraction of sp³-hybridized carbons (Fsp3) is 0.308. The van der Waals surface area contributed by atoms with Crippen molar-refractivity contribution in [1.82, 2.24) is 9.55 Å². The summed E-state index contributed by atoms with van der Waals surface area (Å²) in [6.07, 6.45) is 1.72. The monoisotopic (exact) mass is 216 g/mol. The van der Waals surface area contributed by atoms with Gasteiger partial charge in [0.2, 0.25) is 0 Å². The van der Waals surface area contributed by atoms with Crippen LogP contribution in [0.2, 0.25) is 0 Å². The number of rotatable bonds is 2. The highest BCUT2D eigenvalue weighted by atomic mass is 16.3. The maximum atomic E-state index is 10.6. The molecule has 1 heterocycles. The van der Waals surface area contributed by atoms with Gasteiger partial charge in [0, 0.05) is 7.05 Å². The van der Waals surface area contributed by atoms with Crippen molar-refractivity contribution in [2.24, 2.45) is 7.05 Å². The molecule has 0 aliphatic heterocycles. The van der Waals surface area contributed by atoms with Crippen LogP contribution in [-0.4, -0.2) is 14.7 Å². The van der Waals surface area contributed by atoms with E-state index in [0.717, 1.165) is 17.1 Å². The molecule has 0 spiro atoms. The fourth-order valence-electron chi connectivity index (χ4n) is 1.86. The summed E-state index contributed by atoms with van der Waals surface area (Å²) >= 11 is 0. The van der Waals surface area contributed by atoms with Crippen molar-refractivity contribution >= 4 is 0 Å². The molecule has 0 unspecified atom stereocenters. The number of aromatic nitrogens is 2. The maximum absolute atomic E-state index is 10.6. The van der Waals surface area contributed by atoms with Crippen molar-refractivity contribution in [3.63, 3.8) is 0 Å². The molecule has 16 heavy (non-hydrogen) atoms. The summed E-state index contributed by atoms with van der Waals surface area (Å²) in [6, 6.07) is 9.62. The van der Waals surface area contributed by atoms with Gasteiger partial charge < -0.3 is 9.67 Å². The van der Waals surface area contributed by atoms with Crippen molar-refractivity contribution in [2.45, 2.75) is 19.4 Å². The highest BCUT2D eigenvalue weighted by molar-refractivity contribution is 5.31. The van der Waals surface area contributed by atoms with E-state index in [1.165, 1.54) is 0 Å². The predicted octanol–water partition coefficient (Wildman–Crippen LogP) is 1.98. The van der Waals surface area contributed by atoms with Crippen LogP contribution in [0.5, 0.6) is 0 Å². The smallest absolute Gasteiger partial charge is 0.128 e. The lowest BCUT2D eigenvalue weighted by atomic mass is 9.93. The predicted molar refractivity (Wildman–Crippen MR) is 63.1 cm³/mol. The van der Waals surface area contributed by atoms with E-state index < -0.39 is 5.60 Å². The average Bonchev–Trinajstić information content (AvgIpc) is 2.61. The minimum absolute atomic E-state index is 0.802. The summed E-state index contributed by atoms with van der Waals surface area (Å²) < 4.78 is 1.91. The average molecular weight is 216 g/mol. The van der Waals surface area contributed by atoms with Gasteiger partial charge in [0.1, 0.15) is 11.4 Å². The topological polar surface area (TPSA) is 38.1 Å². The standard InChI is InChI=1S/C13H16N2O/c1-10-14-9-12(15(10)3)13(2,16)11-7-5-4-6-8-11/h4-9,16H,1-3H3/t13-/m0/s1. The Balaban J connectivity index is 2.51. The molecule has 0 fully saturated rings. The highest BCUT2D eigenvalue weighted by Crippen LogP contribution is 2.28. The molecule has 0 aliphatic rings. The Labute approximate surface area is 95.4 Å². The second-order valence-corrected chi connectivity index (χ2v) is 4.19. The molecule has 1 atom stereocenters. The molecule has 2 aromatic rings. The quantitative estimate of drug-likeness (QED) is 0.833. The SMILES string of the molecule is Cc1ncc([C@@](C)(O)c2ccccc2)n1C. The molecule has 0 saturated heterocycles. The van der Waals surface area contributed by atoms with E-state index in [1.807, 2.05) is 48.9 Å². The zero-order valence-corrected chi connectivity index (χ0v) is 9.81. The summed E-state index contributed by atoms with van der Waals surface area (Å²) in [4.78, 5) is 4.21. The lowest BCUT2D eigenvalue weighted by Crippen LogP contribution is -2.25. The molecular formula is C13H16N2O. The van der Waals surface area contributed by atoms with Gasteiger partial charge in [0.15, 0.2) is 0 Å². The molecule has 2 rings (SSSR count). The van der Waals surface area contributed by atoms with Gasteiger partial charge >= 0.3 is 0 Å². The summed E-state index contributed by atoms with van der Waals surface area (Å²) in [5, 5.41) is 10.6. The zero-order chi connectivity index (χ0) is 11.8. The molecule has 0 amide bonds. The Morgan fingerprint density at radius 2 is 1.88 bits per heavy atom. The highest BCUT2D eigenvalue weighted by Gasteiger charge is 2.28. The van der Waals surface area contributed by atoms with Crippen molar-refractivity contribution in [3.05, 3.63) is 53.6 Å². The summed E-state index contributed by atoms with van der Waals surface area (Å²) in [5.74, 6) is 0.895. The Morgan fingerprint density at radius 3 is 2.38 bits per heavy atom. The Bertz CT molecular complexity index is 486. The number of benzene rings is 1. The number of nitrogens with zero attached hydrogens (tertiary/aromatic N) is 2. The van der Waals surface area contributed by atoms with Gasteiger partial charge in [0.25, 0.3) is 0 Å².